The first-order valence-electron chi connectivity index (χ1n) is 4.94. The molecule has 0 radical (unpaired) electrons. The van der Waals surface area contributed by atoms with Crippen molar-refractivity contribution in [2.24, 2.45) is 0 Å². The summed E-state index contributed by atoms with van der Waals surface area (Å²) < 4.78 is 13.5. The molecule has 0 spiro atoms. The average Bonchev–Trinajstić information content (AvgIpc) is 2.20. The molecule has 84 valence electrons. The average molecular weight is 232 g/mol. The standard InChI is InChI=1S/C11H14FNO.ClH/c12-10-2-1-7-13-11(10)8-3-5-9(14)6-4-8;/h3-6,10-11,13-14H,1-2,7H2;1H. The van der Waals surface area contributed by atoms with Gasteiger partial charge in [0.2, 0.25) is 0 Å². The maximum atomic E-state index is 13.5. The van der Waals surface area contributed by atoms with Gasteiger partial charge in [0.15, 0.2) is 0 Å². The molecule has 4 heteroatoms. The van der Waals surface area contributed by atoms with Crippen LogP contribution in [-0.4, -0.2) is 17.8 Å². The minimum Gasteiger partial charge on any atom is -0.508 e. The number of phenols is 1. The van der Waals surface area contributed by atoms with Crippen LogP contribution in [0, 0.1) is 0 Å². The largest absolute Gasteiger partial charge is 0.508 e. The molecule has 0 aromatic heterocycles. The molecule has 1 aromatic rings. The maximum Gasteiger partial charge on any atom is 0.120 e. The van der Waals surface area contributed by atoms with Gasteiger partial charge in [-0.1, -0.05) is 12.1 Å². The Morgan fingerprint density at radius 1 is 1.27 bits per heavy atom. The van der Waals surface area contributed by atoms with E-state index in [-0.39, 0.29) is 24.2 Å². The zero-order chi connectivity index (χ0) is 9.97. The van der Waals surface area contributed by atoms with Crippen molar-refractivity contribution in [2.45, 2.75) is 25.1 Å². The summed E-state index contributed by atoms with van der Waals surface area (Å²) in [5.74, 6) is 0.222. The molecule has 1 aromatic carbocycles. The number of phenolic OH excluding ortho intramolecular Hbond substituents is 1. The molecule has 0 amide bonds. The molecular formula is C11H15ClFNO. The van der Waals surface area contributed by atoms with E-state index >= 15 is 0 Å². The monoisotopic (exact) mass is 231 g/mol. The minimum absolute atomic E-state index is 0. The molecule has 0 bridgehead atoms. The van der Waals surface area contributed by atoms with Gasteiger partial charge in [-0.25, -0.2) is 4.39 Å². The van der Waals surface area contributed by atoms with Gasteiger partial charge >= 0.3 is 0 Å². The van der Waals surface area contributed by atoms with E-state index in [1.807, 2.05) is 0 Å². The first kappa shape index (κ1) is 12.3. The van der Waals surface area contributed by atoms with E-state index in [1.165, 1.54) is 0 Å². The van der Waals surface area contributed by atoms with Gasteiger partial charge in [0, 0.05) is 0 Å². The van der Waals surface area contributed by atoms with E-state index < -0.39 is 6.17 Å². The molecule has 2 atom stereocenters. The normalized spacial score (nSPS) is 25.7. The quantitative estimate of drug-likeness (QED) is 0.779. The number of alkyl halides is 1. The van der Waals surface area contributed by atoms with E-state index in [0.717, 1.165) is 18.5 Å². The molecule has 1 saturated heterocycles. The van der Waals surface area contributed by atoms with Gasteiger partial charge in [-0.2, -0.15) is 0 Å². The second-order valence-corrected chi connectivity index (χ2v) is 3.68. The maximum absolute atomic E-state index is 13.5. The number of benzene rings is 1. The molecule has 2 N–H and O–H groups in total. The van der Waals surface area contributed by atoms with E-state index in [2.05, 4.69) is 5.32 Å². The Hall–Kier alpha value is -0.800. The second-order valence-electron chi connectivity index (χ2n) is 3.68. The lowest BCUT2D eigenvalue weighted by Gasteiger charge is -2.27. The molecule has 0 saturated carbocycles. The van der Waals surface area contributed by atoms with E-state index in [1.54, 1.807) is 24.3 Å². The van der Waals surface area contributed by atoms with Crippen LogP contribution in [-0.2, 0) is 0 Å². The van der Waals surface area contributed by atoms with Crippen molar-refractivity contribution in [3.63, 3.8) is 0 Å². The van der Waals surface area contributed by atoms with Crippen LogP contribution in [0.2, 0.25) is 0 Å². The fourth-order valence-electron chi connectivity index (χ4n) is 1.86. The van der Waals surface area contributed by atoms with Crippen LogP contribution in [0.4, 0.5) is 4.39 Å². The van der Waals surface area contributed by atoms with Gasteiger partial charge < -0.3 is 10.4 Å². The van der Waals surface area contributed by atoms with Crippen LogP contribution in [0.3, 0.4) is 0 Å². The van der Waals surface area contributed by atoms with Crippen molar-refractivity contribution in [3.05, 3.63) is 29.8 Å². The van der Waals surface area contributed by atoms with Crippen molar-refractivity contribution in [1.29, 1.82) is 0 Å². The summed E-state index contributed by atoms with van der Waals surface area (Å²) in [5.41, 5.74) is 0.912. The highest BCUT2D eigenvalue weighted by molar-refractivity contribution is 5.85. The van der Waals surface area contributed by atoms with Crippen LogP contribution < -0.4 is 5.32 Å². The van der Waals surface area contributed by atoms with Gasteiger partial charge in [0.25, 0.3) is 0 Å². The lowest BCUT2D eigenvalue weighted by atomic mass is 9.96. The Kier molecular flexibility index (Phi) is 4.36. The molecule has 2 unspecified atom stereocenters. The van der Waals surface area contributed by atoms with Gasteiger partial charge in [-0.15, -0.1) is 12.4 Å². The fourth-order valence-corrected chi connectivity index (χ4v) is 1.86. The molecule has 15 heavy (non-hydrogen) atoms. The molecule has 2 nitrogen and oxygen atoms in total. The van der Waals surface area contributed by atoms with E-state index in [4.69, 9.17) is 5.11 Å². The topological polar surface area (TPSA) is 32.3 Å². The summed E-state index contributed by atoms with van der Waals surface area (Å²) in [5, 5.41) is 12.3. The van der Waals surface area contributed by atoms with Crippen molar-refractivity contribution < 1.29 is 9.50 Å². The first-order valence-corrected chi connectivity index (χ1v) is 4.94. The third kappa shape index (κ3) is 2.83. The zero-order valence-corrected chi connectivity index (χ0v) is 9.14. The molecule has 0 aliphatic carbocycles. The fraction of sp³-hybridized carbons (Fsp3) is 0.455. The summed E-state index contributed by atoms with van der Waals surface area (Å²) in [7, 11) is 0. The Morgan fingerprint density at radius 3 is 2.53 bits per heavy atom. The number of piperidine rings is 1. The summed E-state index contributed by atoms with van der Waals surface area (Å²) in [6.07, 6.45) is 0.710. The molecule has 2 rings (SSSR count). The first-order chi connectivity index (χ1) is 6.77. The Balaban J connectivity index is 0.00000112. The van der Waals surface area contributed by atoms with Crippen LogP contribution in [0.15, 0.2) is 24.3 Å². The summed E-state index contributed by atoms with van der Waals surface area (Å²) >= 11 is 0. The summed E-state index contributed by atoms with van der Waals surface area (Å²) in [6.45, 7) is 0.867. The molecule has 1 heterocycles. The highest BCUT2D eigenvalue weighted by atomic mass is 35.5. The lowest BCUT2D eigenvalue weighted by Crippen LogP contribution is -2.35. The smallest absolute Gasteiger partial charge is 0.120 e. The number of nitrogens with one attached hydrogen (secondary N) is 1. The summed E-state index contributed by atoms with van der Waals surface area (Å²) in [4.78, 5) is 0. The Labute approximate surface area is 94.9 Å². The third-order valence-corrected chi connectivity index (χ3v) is 2.63. The SMILES string of the molecule is Cl.Oc1ccc(C2NCCCC2F)cc1. The lowest BCUT2D eigenvalue weighted by molar-refractivity contribution is 0.201. The minimum atomic E-state index is -0.812. The van der Waals surface area contributed by atoms with Crippen molar-refractivity contribution in [2.75, 3.05) is 6.54 Å². The predicted molar refractivity (Wildman–Crippen MR) is 60.2 cm³/mol. The zero-order valence-electron chi connectivity index (χ0n) is 8.32. The Bertz CT molecular complexity index is 304. The van der Waals surface area contributed by atoms with Gasteiger partial charge in [0.1, 0.15) is 11.9 Å². The number of hydrogen-bond donors (Lipinski definition) is 2. The third-order valence-electron chi connectivity index (χ3n) is 2.63. The van der Waals surface area contributed by atoms with E-state index in [9.17, 15) is 4.39 Å². The number of hydrogen-bond acceptors (Lipinski definition) is 2. The van der Waals surface area contributed by atoms with Crippen LogP contribution >= 0.6 is 12.4 Å². The number of aromatic hydroxyl groups is 1. The number of rotatable bonds is 1. The molecule has 1 fully saturated rings. The predicted octanol–water partition coefficient (Wildman–Crippen LogP) is 2.58. The van der Waals surface area contributed by atoms with Crippen LogP contribution in [0.25, 0.3) is 0 Å². The van der Waals surface area contributed by atoms with Gasteiger partial charge in [-0.05, 0) is 37.1 Å². The van der Waals surface area contributed by atoms with Gasteiger partial charge in [0.05, 0.1) is 6.04 Å². The van der Waals surface area contributed by atoms with Crippen LogP contribution in [0.5, 0.6) is 5.75 Å². The Morgan fingerprint density at radius 2 is 1.93 bits per heavy atom. The van der Waals surface area contributed by atoms with Crippen molar-refractivity contribution in [1.82, 2.24) is 5.32 Å². The highest BCUT2D eigenvalue weighted by Crippen LogP contribution is 2.26. The van der Waals surface area contributed by atoms with Crippen LogP contribution in [0.1, 0.15) is 24.4 Å². The van der Waals surface area contributed by atoms with Crippen molar-refractivity contribution >= 4 is 12.4 Å². The van der Waals surface area contributed by atoms with Gasteiger partial charge in [-0.3, -0.25) is 0 Å². The number of halogens is 2. The molecule has 1 aliphatic rings. The molecular weight excluding hydrogens is 217 g/mol. The summed E-state index contributed by atoms with van der Waals surface area (Å²) in [6, 6.07) is 6.52. The second kappa shape index (κ2) is 5.33. The van der Waals surface area contributed by atoms with E-state index in [0.29, 0.717) is 6.42 Å². The van der Waals surface area contributed by atoms with Crippen molar-refractivity contribution in [3.8, 4) is 5.75 Å². The molecule has 1 aliphatic heterocycles. The highest BCUT2D eigenvalue weighted by Gasteiger charge is 2.25.